The Bertz CT molecular complexity index is 617. The molecule has 0 amide bonds. The molecule has 0 N–H and O–H groups in total. The van der Waals surface area contributed by atoms with E-state index in [0.29, 0.717) is 17.8 Å². The Balaban J connectivity index is 2.03. The summed E-state index contributed by atoms with van der Waals surface area (Å²) in [6, 6.07) is 5.31. The number of halogens is 2. The van der Waals surface area contributed by atoms with Gasteiger partial charge in [-0.3, -0.25) is 0 Å². The van der Waals surface area contributed by atoms with Crippen LogP contribution >= 0.6 is 11.6 Å². The normalized spacial score (nSPS) is 18.2. The first-order valence-electron chi connectivity index (χ1n) is 7.93. The van der Waals surface area contributed by atoms with Crippen LogP contribution in [0.15, 0.2) is 18.2 Å². The fourth-order valence-corrected chi connectivity index (χ4v) is 3.83. The van der Waals surface area contributed by atoms with E-state index in [1.807, 2.05) is 6.07 Å². The van der Waals surface area contributed by atoms with Crippen molar-refractivity contribution < 1.29 is 4.39 Å². The van der Waals surface area contributed by atoms with Gasteiger partial charge in [0.15, 0.2) is 0 Å². The number of imidazole rings is 1. The maximum atomic E-state index is 13.4. The Kier molecular flexibility index (Phi) is 4.48. The van der Waals surface area contributed by atoms with E-state index in [1.54, 1.807) is 0 Å². The van der Waals surface area contributed by atoms with Gasteiger partial charge in [0.1, 0.15) is 11.6 Å². The molecule has 2 nitrogen and oxygen atoms in total. The van der Waals surface area contributed by atoms with E-state index in [-0.39, 0.29) is 5.82 Å². The molecule has 1 heterocycles. The van der Waals surface area contributed by atoms with E-state index in [2.05, 4.69) is 16.5 Å². The smallest absolute Gasteiger partial charge is 0.125 e. The Labute approximate surface area is 130 Å². The molecule has 1 aliphatic rings. The van der Waals surface area contributed by atoms with E-state index < -0.39 is 0 Å². The van der Waals surface area contributed by atoms with Crippen molar-refractivity contribution in [1.82, 2.24) is 9.55 Å². The lowest BCUT2D eigenvalue weighted by molar-refractivity contribution is 0.264. The summed E-state index contributed by atoms with van der Waals surface area (Å²) in [4.78, 5) is 4.62. The van der Waals surface area contributed by atoms with Gasteiger partial charge in [-0.1, -0.05) is 19.3 Å². The molecule has 114 valence electrons. The van der Waals surface area contributed by atoms with Crippen molar-refractivity contribution >= 4 is 22.6 Å². The summed E-state index contributed by atoms with van der Waals surface area (Å²) in [5.74, 6) is 2.00. The molecule has 2 aromatic rings. The van der Waals surface area contributed by atoms with Crippen molar-refractivity contribution in [3.63, 3.8) is 0 Å². The van der Waals surface area contributed by atoms with E-state index in [9.17, 15) is 4.39 Å². The Morgan fingerprint density at radius 3 is 2.81 bits per heavy atom. The predicted molar refractivity (Wildman–Crippen MR) is 85.4 cm³/mol. The van der Waals surface area contributed by atoms with Crippen LogP contribution in [-0.4, -0.2) is 15.4 Å². The van der Waals surface area contributed by atoms with Crippen LogP contribution in [0.4, 0.5) is 4.39 Å². The number of hydrogen-bond donors (Lipinski definition) is 0. The zero-order valence-electron chi connectivity index (χ0n) is 12.5. The molecule has 1 saturated carbocycles. The quantitative estimate of drug-likeness (QED) is 0.719. The van der Waals surface area contributed by atoms with Gasteiger partial charge in [-0.2, -0.15) is 0 Å². The molecule has 3 rings (SSSR count). The Morgan fingerprint density at radius 2 is 2.10 bits per heavy atom. The first kappa shape index (κ1) is 14.8. The van der Waals surface area contributed by atoms with Gasteiger partial charge in [-0.05, 0) is 37.8 Å². The van der Waals surface area contributed by atoms with Crippen molar-refractivity contribution in [3.05, 3.63) is 29.8 Å². The van der Waals surface area contributed by atoms with Crippen LogP contribution in [0.2, 0.25) is 0 Å². The van der Waals surface area contributed by atoms with Gasteiger partial charge in [0, 0.05) is 24.4 Å². The molecule has 1 aliphatic carbocycles. The second-order valence-corrected chi connectivity index (χ2v) is 6.49. The lowest BCUT2D eigenvalue weighted by Gasteiger charge is -2.30. The van der Waals surface area contributed by atoms with Crippen molar-refractivity contribution in [3.8, 4) is 0 Å². The Hall–Kier alpha value is -1.09. The predicted octanol–water partition coefficient (Wildman–Crippen LogP) is 5.10. The number of nitrogens with zero attached hydrogens (tertiary/aromatic N) is 2. The highest BCUT2D eigenvalue weighted by Crippen LogP contribution is 2.35. The standard InChI is InChI=1S/C17H22ClFN2/c1-12(13-5-3-2-4-6-13)21-16-8-7-14(19)11-15(16)20-17(21)9-10-18/h7-8,11-13H,2-6,9-10H2,1H3. The molecular formula is C17H22ClFN2. The third kappa shape index (κ3) is 2.94. The minimum atomic E-state index is -0.227. The van der Waals surface area contributed by atoms with Crippen LogP contribution in [0.3, 0.4) is 0 Å². The molecular weight excluding hydrogens is 287 g/mol. The zero-order chi connectivity index (χ0) is 14.8. The van der Waals surface area contributed by atoms with Crippen molar-refractivity contribution in [1.29, 1.82) is 0 Å². The van der Waals surface area contributed by atoms with E-state index in [4.69, 9.17) is 11.6 Å². The zero-order valence-corrected chi connectivity index (χ0v) is 13.2. The lowest BCUT2D eigenvalue weighted by Crippen LogP contribution is -2.21. The monoisotopic (exact) mass is 308 g/mol. The third-order valence-electron chi connectivity index (χ3n) is 4.78. The molecule has 4 heteroatoms. The molecule has 0 bridgehead atoms. The number of aryl methyl sites for hydroxylation is 1. The average molecular weight is 309 g/mol. The van der Waals surface area contributed by atoms with Crippen molar-refractivity contribution in [2.45, 2.75) is 51.5 Å². The second-order valence-electron chi connectivity index (χ2n) is 6.11. The van der Waals surface area contributed by atoms with E-state index in [1.165, 1.54) is 44.2 Å². The van der Waals surface area contributed by atoms with Gasteiger partial charge in [0.25, 0.3) is 0 Å². The van der Waals surface area contributed by atoms with Crippen LogP contribution in [0.25, 0.3) is 11.0 Å². The van der Waals surface area contributed by atoms with Gasteiger partial charge in [-0.25, -0.2) is 9.37 Å². The number of hydrogen-bond acceptors (Lipinski definition) is 1. The summed E-state index contributed by atoms with van der Waals surface area (Å²) in [6.07, 6.45) is 7.29. The summed E-state index contributed by atoms with van der Waals surface area (Å²) in [5.41, 5.74) is 1.78. The average Bonchev–Trinajstić information content (AvgIpc) is 2.85. The first-order chi connectivity index (χ1) is 10.2. The highest BCUT2D eigenvalue weighted by atomic mass is 35.5. The summed E-state index contributed by atoms with van der Waals surface area (Å²) >= 11 is 5.93. The maximum Gasteiger partial charge on any atom is 0.125 e. The molecule has 0 spiro atoms. The third-order valence-corrected chi connectivity index (χ3v) is 4.97. The van der Waals surface area contributed by atoms with Crippen LogP contribution in [-0.2, 0) is 6.42 Å². The van der Waals surface area contributed by atoms with E-state index in [0.717, 1.165) is 23.3 Å². The SMILES string of the molecule is CC(C1CCCCC1)n1c(CCCl)nc2cc(F)ccc21. The van der Waals surface area contributed by atoms with Gasteiger partial charge in [0.05, 0.1) is 11.0 Å². The summed E-state index contributed by atoms with van der Waals surface area (Å²) in [6.45, 7) is 2.28. The van der Waals surface area contributed by atoms with Gasteiger partial charge in [0.2, 0.25) is 0 Å². The molecule has 1 aromatic heterocycles. The van der Waals surface area contributed by atoms with E-state index >= 15 is 0 Å². The first-order valence-corrected chi connectivity index (χ1v) is 8.46. The van der Waals surface area contributed by atoms with Crippen molar-refractivity contribution in [2.75, 3.05) is 5.88 Å². The minimum Gasteiger partial charge on any atom is -0.325 e. The highest BCUT2D eigenvalue weighted by molar-refractivity contribution is 6.17. The summed E-state index contributed by atoms with van der Waals surface area (Å²) in [5, 5.41) is 0. The molecule has 0 saturated heterocycles. The van der Waals surface area contributed by atoms with Crippen LogP contribution in [0.5, 0.6) is 0 Å². The molecule has 1 unspecified atom stereocenters. The number of fused-ring (bicyclic) bond motifs is 1. The van der Waals surface area contributed by atoms with Crippen LogP contribution < -0.4 is 0 Å². The van der Waals surface area contributed by atoms with Gasteiger partial charge >= 0.3 is 0 Å². The maximum absolute atomic E-state index is 13.4. The fourth-order valence-electron chi connectivity index (χ4n) is 3.66. The molecule has 21 heavy (non-hydrogen) atoms. The number of aromatic nitrogens is 2. The highest BCUT2D eigenvalue weighted by Gasteiger charge is 2.25. The summed E-state index contributed by atoms with van der Waals surface area (Å²) < 4.78 is 15.7. The molecule has 0 radical (unpaired) electrons. The van der Waals surface area contributed by atoms with Crippen LogP contribution in [0, 0.1) is 11.7 Å². The topological polar surface area (TPSA) is 17.8 Å². The second kappa shape index (κ2) is 6.35. The van der Waals surface area contributed by atoms with Gasteiger partial charge < -0.3 is 4.57 Å². The molecule has 1 fully saturated rings. The van der Waals surface area contributed by atoms with Crippen molar-refractivity contribution in [2.24, 2.45) is 5.92 Å². The molecule has 1 atom stereocenters. The lowest BCUT2D eigenvalue weighted by atomic mass is 9.84. The summed E-state index contributed by atoms with van der Waals surface area (Å²) in [7, 11) is 0. The largest absolute Gasteiger partial charge is 0.325 e. The number of alkyl halides is 1. The fraction of sp³-hybridized carbons (Fsp3) is 0.588. The number of rotatable bonds is 4. The Morgan fingerprint density at radius 1 is 1.33 bits per heavy atom. The number of benzene rings is 1. The molecule has 1 aromatic carbocycles. The van der Waals surface area contributed by atoms with Crippen LogP contribution in [0.1, 0.15) is 50.9 Å². The van der Waals surface area contributed by atoms with Gasteiger partial charge in [-0.15, -0.1) is 11.6 Å². The molecule has 0 aliphatic heterocycles. The minimum absolute atomic E-state index is 0.227.